The predicted molar refractivity (Wildman–Crippen MR) is 133 cm³/mol. The summed E-state index contributed by atoms with van der Waals surface area (Å²) in [4.78, 5) is 24.4. The molecule has 198 valence electrons. The van der Waals surface area contributed by atoms with Crippen molar-refractivity contribution >= 4 is 22.2 Å². The van der Waals surface area contributed by atoms with Gasteiger partial charge in [0.1, 0.15) is 23.1 Å². The average Bonchev–Trinajstić information content (AvgIpc) is 2.80. The van der Waals surface area contributed by atoms with Gasteiger partial charge in [-0.1, -0.05) is 24.3 Å². The SMILES string of the molecule is COC(=O)[C@H](Cc1ccc(-c2c(OC)cc(COS(C)(=O)=O)cc2OC)cc1)NC(=O)OC(C)(C)C. The molecule has 0 aromatic heterocycles. The Hall–Kier alpha value is -3.31. The smallest absolute Gasteiger partial charge is 0.408 e. The second-order valence-electron chi connectivity index (χ2n) is 8.96. The summed E-state index contributed by atoms with van der Waals surface area (Å²) in [5, 5.41) is 2.55. The van der Waals surface area contributed by atoms with Crippen LogP contribution in [-0.4, -0.2) is 59.7 Å². The van der Waals surface area contributed by atoms with E-state index in [9.17, 15) is 18.0 Å². The van der Waals surface area contributed by atoms with Crippen molar-refractivity contribution in [3.8, 4) is 22.6 Å². The fourth-order valence-corrected chi connectivity index (χ4v) is 3.69. The van der Waals surface area contributed by atoms with Crippen molar-refractivity contribution in [1.29, 1.82) is 0 Å². The van der Waals surface area contributed by atoms with Crippen LogP contribution in [0.5, 0.6) is 11.5 Å². The van der Waals surface area contributed by atoms with E-state index in [4.69, 9.17) is 23.1 Å². The number of amides is 1. The third-order valence-corrected chi connectivity index (χ3v) is 5.41. The summed E-state index contributed by atoms with van der Waals surface area (Å²) in [6.45, 7) is 5.02. The summed E-state index contributed by atoms with van der Waals surface area (Å²) in [5.74, 6) is 0.335. The number of carbonyl (C=O) groups is 2. The molecule has 1 amide bonds. The van der Waals surface area contributed by atoms with Crippen molar-refractivity contribution in [3.63, 3.8) is 0 Å². The van der Waals surface area contributed by atoms with Crippen LogP contribution in [0.1, 0.15) is 31.9 Å². The number of hydrogen-bond donors (Lipinski definition) is 1. The molecule has 0 unspecified atom stereocenters. The molecule has 2 aromatic carbocycles. The standard InChI is InChI=1S/C25H33NO9S/c1-25(2,3)35-24(28)26-19(23(27)33-6)12-16-8-10-18(11-9-16)22-20(31-4)13-17(14-21(22)32-5)15-34-36(7,29)30/h8-11,13-14,19H,12,15H2,1-7H3,(H,26,28)/t19-/m0/s1. The topological polar surface area (TPSA) is 126 Å². The number of benzene rings is 2. The Balaban J connectivity index is 2.30. The first-order valence-corrected chi connectivity index (χ1v) is 12.8. The lowest BCUT2D eigenvalue weighted by Gasteiger charge is -2.22. The third kappa shape index (κ3) is 8.72. The molecule has 1 N–H and O–H groups in total. The first-order chi connectivity index (χ1) is 16.8. The van der Waals surface area contributed by atoms with Crippen LogP contribution in [0.25, 0.3) is 11.1 Å². The molecule has 0 spiro atoms. The number of nitrogens with one attached hydrogen (secondary N) is 1. The highest BCUT2D eigenvalue weighted by Gasteiger charge is 2.25. The van der Waals surface area contributed by atoms with Crippen molar-refractivity contribution < 1.29 is 41.1 Å². The van der Waals surface area contributed by atoms with Crippen LogP contribution >= 0.6 is 0 Å². The largest absolute Gasteiger partial charge is 0.496 e. The molecule has 2 aromatic rings. The van der Waals surface area contributed by atoms with E-state index in [0.29, 0.717) is 22.6 Å². The summed E-state index contributed by atoms with van der Waals surface area (Å²) >= 11 is 0. The molecule has 0 radical (unpaired) electrons. The van der Waals surface area contributed by atoms with Crippen molar-refractivity contribution in [2.24, 2.45) is 0 Å². The molecule has 0 aliphatic heterocycles. The molecule has 0 bridgehead atoms. The first kappa shape index (κ1) is 28.9. The minimum atomic E-state index is -3.61. The van der Waals surface area contributed by atoms with Gasteiger partial charge in [-0.2, -0.15) is 8.42 Å². The van der Waals surface area contributed by atoms with Crippen LogP contribution in [-0.2, 0) is 41.6 Å². The van der Waals surface area contributed by atoms with Crippen LogP contribution in [0.3, 0.4) is 0 Å². The maximum absolute atomic E-state index is 12.2. The summed E-state index contributed by atoms with van der Waals surface area (Å²) in [7, 11) is 0.631. The van der Waals surface area contributed by atoms with Gasteiger partial charge in [0.2, 0.25) is 0 Å². The van der Waals surface area contributed by atoms with E-state index in [1.54, 1.807) is 32.9 Å². The minimum Gasteiger partial charge on any atom is -0.496 e. The molecular weight excluding hydrogens is 490 g/mol. The lowest BCUT2D eigenvalue weighted by atomic mass is 9.98. The second-order valence-corrected chi connectivity index (χ2v) is 10.6. The highest BCUT2D eigenvalue weighted by Crippen LogP contribution is 2.40. The Labute approximate surface area is 212 Å². The molecule has 0 fully saturated rings. The van der Waals surface area contributed by atoms with Crippen LogP contribution in [0.2, 0.25) is 0 Å². The zero-order valence-electron chi connectivity index (χ0n) is 21.5. The molecule has 0 aliphatic rings. The highest BCUT2D eigenvalue weighted by molar-refractivity contribution is 7.85. The average molecular weight is 524 g/mol. The molecule has 0 saturated carbocycles. The number of methoxy groups -OCH3 is 3. The van der Waals surface area contributed by atoms with Crippen molar-refractivity contribution in [2.75, 3.05) is 27.6 Å². The van der Waals surface area contributed by atoms with Gasteiger partial charge in [0.05, 0.1) is 39.8 Å². The molecule has 10 nitrogen and oxygen atoms in total. The number of rotatable bonds is 10. The molecule has 0 heterocycles. The molecule has 0 aliphatic carbocycles. The fourth-order valence-electron chi connectivity index (χ4n) is 3.34. The third-order valence-electron chi connectivity index (χ3n) is 4.86. The summed E-state index contributed by atoms with van der Waals surface area (Å²) in [5.41, 5.74) is 2.03. The van der Waals surface area contributed by atoms with Crippen LogP contribution < -0.4 is 14.8 Å². The van der Waals surface area contributed by atoms with E-state index >= 15 is 0 Å². The number of alkyl carbamates (subject to hydrolysis) is 1. The number of ether oxygens (including phenoxy) is 4. The zero-order chi connectivity index (χ0) is 27.1. The Kier molecular flexibility index (Phi) is 9.71. The Bertz CT molecular complexity index is 1140. The number of esters is 1. The Morgan fingerprint density at radius 1 is 0.944 bits per heavy atom. The quantitative estimate of drug-likeness (QED) is 0.368. The van der Waals surface area contributed by atoms with Gasteiger partial charge in [-0.25, -0.2) is 9.59 Å². The van der Waals surface area contributed by atoms with Crippen LogP contribution in [0.15, 0.2) is 36.4 Å². The van der Waals surface area contributed by atoms with Gasteiger partial charge in [0.15, 0.2) is 0 Å². The maximum Gasteiger partial charge on any atom is 0.408 e. The van der Waals surface area contributed by atoms with Gasteiger partial charge in [0, 0.05) is 6.42 Å². The molecular formula is C25H33NO9S. The first-order valence-electron chi connectivity index (χ1n) is 11.0. The van der Waals surface area contributed by atoms with Gasteiger partial charge in [-0.15, -0.1) is 0 Å². The van der Waals surface area contributed by atoms with E-state index in [2.05, 4.69) is 5.32 Å². The lowest BCUT2D eigenvalue weighted by molar-refractivity contribution is -0.143. The fraction of sp³-hybridized carbons (Fsp3) is 0.440. The maximum atomic E-state index is 12.2. The summed E-state index contributed by atoms with van der Waals surface area (Å²) < 4.78 is 48.7. The minimum absolute atomic E-state index is 0.162. The zero-order valence-corrected chi connectivity index (χ0v) is 22.4. The van der Waals surface area contributed by atoms with Gasteiger partial charge in [-0.05, 0) is 49.6 Å². The summed E-state index contributed by atoms with van der Waals surface area (Å²) in [6, 6.07) is 9.68. The van der Waals surface area contributed by atoms with Gasteiger partial charge in [0.25, 0.3) is 10.1 Å². The van der Waals surface area contributed by atoms with E-state index in [-0.39, 0.29) is 13.0 Å². The van der Waals surface area contributed by atoms with E-state index in [0.717, 1.165) is 17.4 Å². The molecule has 11 heteroatoms. The molecule has 36 heavy (non-hydrogen) atoms. The molecule has 2 rings (SSSR count). The van der Waals surface area contributed by atoms with Gasteiger partial charge in [-0.3, -0.25) is 4.18 Å². The predicted octanol–water partition coefficient (Wildman–Crippen LogP) is 3.46. The lowest BCUT2D eigenvalue weighted by Crippen LogP contribution is -2.45. The molecule has 1 atom stereocenters. The molecule has 0 saturated heterocycles. The van der Waals surface area contributed by atoms with Gasteiger partial charge >= 0.3 is 12.1 Å². The monoisotopic (exact) mass is 523 g/mol. The van der Waals surface area contributed by atoms with Crippen molar-refractivity contribution in [3.05, 3.63) is 47.5 Å². The van der Waals surface area contributed by atoms with Crippen molar-refractivity contribution in [2.45, 2.75) is 45.4 Å². The normalized spacial score (nSPS) is 12.4. The number of hydrogen-bond acceptors (Lipinski definition) is 9. The number of carbonyl (C=O) groups excluding carboxylic acids is 2. The van der Waals surface area contributed by atoms with Crippen LogP contribution in [0, 0.1) is 0 Å². The highest BCUT2D eigenvalue weighted by atomic mass is 32.2. The second kappa shape index (κ2) is 12.1. The Morgan fingerprint density at radius 3 is 1.94 bits per heavy atom. The van der Waals surface area contributed by atoms with E-state index in [1.165, 1.54) is 21.3 Å². The van der Waals surface area contributed by atoms with Gasteiger partial charge < -0.3 is 24.3 Å². The van der Waals surface area contributed by atoms with E-state index < -0.39 is 33.8 Å². The summed E-state index contributed by atoms with van der Waals surface area (Å²) in [6.07, 6.45) is 0.442. The Morgan fingerprint density at radius 2 is 1.50 bits per heavy atom. The van der Waals surface area contributed by atoms with Crippen LogP contribution in [0.4, 0.5) is 4.79 Å². The van der Waals surface area contributed by atoms with E-state index in [1.807, 2.05) is 24.3 Å². The van der Waals surface area contributed by atoms with Crippen molar-refractivity contribution in [1.82, 2.24) is 5.32 Å².